The van der Waals surface area contributed by atoms with Crippen molar-refractivity contribution in [3.05, 3.63) is 65.2 Å². The van der Waals surface area contributed by atoms with Crippen LogP contribution in [0.5, 0.6) is 5.75 Å². The first-order chi connectivity index (χ1) is 15.6. The van der Waals surface area contributed by atoms with Gasteiger partial charge in [0, 0.05) is 30.4 Å². The van der Waals surface area contributed by atoms with Gasteiger partial charge >= 0.3 is 6.18 Å². The lowest BCUT2D eigenvalue weighted by atomic mass is 10.1. The maximum atomic E-state index is 13.8. The second-order valence-corrected chi connectivity index (χ2v) is 7.59. The number of alkyl halides is 3. The van der Waals surface area contributed by atoms with Gasteiger partial charge in [-0.15, -0.1) is 0 Å². The van der Waals surface area contributed by atoms with Crippen molar-refractivity contribution in [2.75, 3.05) is 7.11 Å². The number of hydrogen-bond acceptors (Lipinski definition) is 5. The average molecular weight is 458 g/mol. The number of hydrogen-bond donors (Lipinski definition) is 1. The van der Waals surface area contributed by atoms with Crippen molar-refractivity contribution in [1.82, 2.24) is 29.7 Å². The van der Waals surface area contributed by atoms with Gasteiger partial charge in [0.15, 0.2) is 17.0 Å². The minimum absolute atomic E-state index is 0.0917. The van der Waals surface area contributed by atoms with E-state index in [0.717, 1.165) is 17.3 Å². The van der Waals surface area contributed by atoms with E-state index < -0.39 is 23.8 Å². The van der Waals surface area contributed by atoms with Gasteiger partial charge in [-0.1, -0.05) is 0 Å². The Morgan fingerprint density at radius 1 is 1.15 bits per heavy atom. The van der Waals surface area contributed by atoms with Crippen LogP contribution in [-0.2, 0) is 13.2 Å². The molecule has 8 nitrogen and oxygen atoms in total. The van der Waals surface area contributed by atoms with Crippen molar-refractivity contribution in [2.24, 2.45) is 7.05 Å². The molecule has 4 aromatic rings. The van der Waals surface area contributed by atoms with E-state index in [2.05, 4.69) is 20.5 Å². The fraction of sp³-hybridized carbons (Fsp3) is 0.273. The van der Waals surface area contributed by atoms with Gasteiger partial charge in [-0.05, 0) is 44.2 Å². The number of nitrogens with zero attached hydrogens (tertiary/aromatic N) is 5. The Kier molecular flexibility index (Phi) is 5.56. The van der Waals surface area contributed by atoms with Crippen LogP contribution in [0.1, 0.15) is 40.4 Å². The van der Waals surface area contributed by atoms with Crippen molar-refractivity contribution >= 4 is 11.6 Å². The number of benzene rings is 1. The molecular formula is C22H21F3N6O2. The lowest BCUT2D eigenvalue weighted by Gasteiger charge is -2.12. The van der Waals surface area contributed by atoms with E-state index in [1.165, 1.54) is 13.2 Å². The van der Waals surface area contributed by atoms with E-state index in [0.29, 0.717) is 15.8 Å². The molecule has 4 rings (SSSR count). The zero-order valence-corrected chi connectivity index (χ0v) is 18.3. The molecule has 0 spiro atoms. The molecule has 3 aromatic heterocycles. The van der Waals surface area contributed by atoms with E-state index in [9.17, 15) is 18.0 Å². The number of carbonyl (C=O) groups excluding carboxylic acids is 1. The van der Waals surface area contributed by atoms with E-state index in [-0.39, 0.29) is 17.0 Å². The van der Waals surface area contributed by atoms with E-state index >= 15 is 0 Å². The number of ether oxygens (including phenoxy) is 1. The third-order valence-corrected chi connectivity index (χ3v) is 5.20. The highest BCUT2D eigenvalue weighted by Gasteiger charge is 2.35. The number of nitrogens with one attached hydrogen (secondary N) is 1. The molecule has 1 aromatic carbocycles. The summed E-state index contributed by atoms with van der Waals surface area (Å²) in [5.74, 6) is -0.0486. The number of carbonyl (C=O) groups is 1. The molecule has 172 valence electrons. The second-order valence-electron chi connectivity index (χ2n) is 7.59. The Balaban J connectivity index is 1.72. The number of fused-ring (bicyclic) bond motifs is 1. The first-order valence-corrected chi connectivity index (χ1v) is 10.00. The van der Waals surface area contributed by atoms with Crippen LogP contribution in [0.15, 0.2) is 42.6 Å². The minimum Gasteiger partial charge on any atom is -0.497 e. The summed E-state index contributed by atoms with van der Waals surface area (Å²) >= 11 is 0. The summed E-state index contributed by atoms with van der Waals surface area (Å²) in [6.45, 7) is 3.57. The van der Waals surface area contributed by atoms with Crippen molar-refractivity contribution in [1.29, 1.82) is 0 Å². The number of amides is 1. The Hall–Kier alpha value is -3.89. The lowest BCUT2D eigenvalue weighted by molar-refractivity contribution is -0.142. The van der Waals surface area contributed by atoms with Crippen LogP contribution < -0.4 is 10.1 Å². The summed E-state index contributed by atoms with van der Waals surface area (Å²) in [7, 11) is 3.26. The molecule has 11 heteroatoms. The molecule has 1 N–H and O–H groups in total. The minimum atomic E-state index is -4.71. The summed E-state index contributed by atoms with van der Waals surface area (Å²) in [6.07, 6.45) is -2.93. The number of aromatic nitrogens is 5. The van der Waals surface area contributed by atoms with Crippen LogP contribution >= 0.6 is 0 Å². The number of methoxy groups -OCH3 is 1. The second kappa shape index (κ2) is 8.23. The van der Waals surface area contributed by atoms with Crippen molar-refractivity contribution < 1.29 is 22.7 Å². The predicted octanol–water partition coefficient (Wildman–Crippen LogP) is 3.96. The standard InChI is InChI=1S/C22H21F3N6O2/c1-12(16-11-30(3)28-13(16)2)26-21(32)18-10-20-27-17(14-5-7-15(33-4)8-6-14)9-19(22(23,24)25)31(20)29-18/h5-12H,1-4H3,(H,26,32). The van der Waals surface area contributed by atoms with Gasteiger partial charge in [-0.25, -0.2) is 9.50 Å². The SMILES string of the molecule is COc1ccc(-c2cc(C(F)(F)F)n3nc(C(=O)NC(C)c4cn(C)nc4C)cc3n2)cc1. The molecule has 1 atom stereocenters. The zero-order chi connectivity index (χ0) is 23.9. The molecule has 1 unspecified atom stereocenters. The molecule has 0 aliphatic rings. The van der Waals surface area contributed by atoms with Crippen molar-refractivity contribution in [3.63, 3.8) is 0 Å². The first-order valence-electron chi connectivity index (χ1n) is 10.00. The van der Waals surface area contributed by atoms with E-state index in [1.54, 1.807) is 49.1 Å². The third kappa shape index (κ3) is 4.38. The Labute approximate surface area is 187 Å². The Bertz CT molecular complexity index is 1320. The Morgan fingerprint density at radius 2 is 1.85 bits per heavy atom. The highest BCUT2D eigenvalue weighted by molar-refractivity contribution is 5.93. The van der Waals surface area contributed by atoms with Crippen LogP contribution in [0.25, 0.3) is 16.9 Å². The molecule has 0 aliphatic heterocycles. The van der Waals surface area contributed by atoms with Crippen LogP contribution in [0.2, 0.25) is 0 Å². The topological polar surface area (TPSA) is 86.3 Å². The molecule has 33 heavy (non-hydrogen) atoms. The smallest absolute Gasteiger partial charge is 0.433 e. The Morgan fingerprint density at radius 3 is 2.42 bits per heavy atom. The van der Waals surface area contributed by atoms with Gasteiger partial charge in [0.25, 0.3) is 5.91 Å². The van der Waals surface area contributed by atoms with Gasteiger partial charge in [0.1, 0.15) is 5.75 Å². The maximum Gasteiger partial charge on any atom is 0.433 e. The highest BCUT2D eigenvalue weighted by Crippen LogP contribution is 2.32. The predicted molar refractivity (Wildman–Crippen MR) is 114 cm³/mol. The summed E-state index contributed by atoms with van der Waals surface area (Å²) in [6, 6.07) is 8.21. The molecule has 0 radical (unpaired) electrons. The summed E-state index contributed by atoms with van der Waals surface area (Å²) in [5.41, 5.74) is 0.809. The monoisotopic (exact) mass is 458 g/mol. The molecule has 0 fully saturated rings. The van der Waals surface area contributed by atoms with Gasteiger partial charge in [-0.3, -0.25) is 9.48 Å². The summed E-state index contributed by atoms with van der Waals surface area (Å²) < 4.78 is 48.8. The highest BCUT2D eigenvalue weighted by atomic mass is 19.4. The van der Waals surface area contributed by atoms with Gasteiger partial charge < -0.3 is 10.1 Å². The molecule has 0 saturated heterocycles. The lowest BCUT2D eigenvalue weighted by Crippen LogP contribution is -2.27. The molecule has 0 saturated carbocycles. The number of aryl methyl sites for hydroxylation is 2. The summed E-state index contributed by atoms with van der Waals surface area (Å²) in [4.78, 5) is 17.1. The van der Waals surface area contributed by atoms with Gasteiger partial charge in [0.05, 0.1) is 24.5 Å². The third-order valence-electron chi connectivity index (χ3n) is 5.20. The quantitative estimate of drug-likeness (QED) is 0.489. The maximum absolute atomic E-state index is 13.8. The van der Waals surface area contributed by atoms with E-state index in [4.69, 9.17) is 4.74 Å². The molecule has 1 amide bonds. The largest absolute Gasteiger partial charge is 0.497 e. The van der Waals surface area contributed by atoms with Crippen LogP contribution in [0.4, 0.5) is 13.2 Å². The van der Waals surface area contributed by atoms with Crippen LogP contribution in [0.3, 0.4) is 0 Å². The molecule has 0 aliphatic carbocycles. The van der Waals surface area contributed by atoms with Crippen molar-refractivity contribution in [3.8, 4) is 17.0 Å². The number of rotatable bonds is 5. The number of halogens is 3. The van der Waals surface area contributed by atoms with Crippen LogP contribution in [-0.4, -0.2) is 37.4 Å². The average Bonchev–Trinajstić information content (AvgIpc) is 3.34. The van der Waals surface area contributed by atoms with Crippen molar-refractivity contribution in [2.45, 2.75) is 26.1 Å². The fourth-order valence-electron chi connectivity index (χ4n) is 3.59. The van der Waals surface area contributed by atoms with Gasteiger partial charge in [0.2, 0.25) is 0 Å². The van der Waals surface area contributed by atoms with E-state index in [1.807, 2.05) is 6.92 Å². The molecule has 0 bridgehead atoms. The normalized spacial score (nSPS) is 12.7. The molecular weight excluding hydrogens is 437 g/mol. The fourth-order valence-corrected chi connectivity index (χ4v) is 3.59. The van der Waals surface area contributed by atoms with Crippen LogP contribution in [0, 0.1) is 6.92 Å². The van der Waals surface area contributed by atoms with Gasteiger partial charge in [-0.2, -0.15) is 23.4 Å². The zero-order valence-electron chi connectivity index (χ0n) is 18.3. The molecule has 3 heterocycles. The first kappa shape index (κ1) is 22.3. The summed E-state index contributed by atoms with van der Waals surface area (Å²) in [5, 5.41) is 10.9.